The SMILES string of the molecule is CC(C)C(c1ccccc1)n1cnc2nccnc2c1=O. The molecule has 21 heavy (non-hydrogen) atoms. The van der Waals surface area contributed by atoms with Gasteiger partial charge in [-0.3, -0.25) is 9.36 Å². The first-order valence-corrected chi connectivity index (χ1v) is 6.91. The van der Waals surface area contributed by atoms with E-state index in [0.717, 1.165) is 5.56 Å². The van der Waals surface area contributed by atoms with Crippen molar-refractivity contribution >= 4 is 11.2 Å². The molecule has 0 saturated carbocycles. The Kier molecular flexibility index (Phi) is 3.48. The summed E-state index contributed by atoms with van der Waals surface area (Å²) in [6.45, 7) is 4.18. The molecule has 0 fully saturated rings. The van der Waals surface area contributed by atoms with Crippen LogP contribution in [0, 0.1) is 5.92 Å². The molecule has 3 aromatic rings. The molecule has 5 nitrogen and oxygen atoms in total. The van der Waals surface area contributed by atoms with E-state index in [-0.39, 0.29) is 17.5 Å². The van der Waals surface area contributed by atoms with E-state index in [1.165, 1.54) is 12.4 Å². The Hall–Kier alpha value is -2.56. The van der Waals surface area contributed by atoms with Crippen LogP contribution in [0.25, 0.3) is 11.2 Å². The van der Waals surface area contributed by atoms with Crippen molar-refractivity contribution in [3.63, 3.8) is 0 Å². The van der Waals surface area contributed by atoms with Crippen LogP contribution < -0.4 is 5.56 Å². The number of benzene rings is 1. The van der Waals surface area contributed by atoms with Crippen LogP contribution in [0.4, 0.5) is 0 Å². The Morgan fingerprint density at radius 2 is 1.71 bits per heavy atom. The van der Waals surface area contributed by atoms with Gasteiger partial charge in [-0.25, -0.2) is 15.0 Å². The second kappa shape index (κ2) is 5.44. The molecule has 0 radical (unpaired) electrons. The molecule has 0 N–H and O–H groups in total. The van der Waals surface area contributed by atoms with E-state index in [1.54, 1.807) is 10.9 Å². The second-order valence-electron chi connectivity index (χ2n) is 5.29. The molecule has 2 heterocycles. The molecule has 0 aliphatic carbocycles. The van der Waals surface area contributed by atoms with Crippen LogP contribution in [0.2, 0.25) is 0 Å². The van der Waals surface area contributed by atoms with Gasteiger partial charge in [0.05, 0.1) is 6.04 Å². The summed E-state index contributed by atoms with van der Waals surface area (Å²) in [5.74, 6) is 0.251. The van der Waals surface area contributed by atoms with Gasteiger partial charge in [0.1, 0.15) is 6.33 Å². The molecule has 0 bridgehead atoms. The minimum absolute atomic E-state index is 0.0717. The van der Waals surface area contributed by atoms with Gasteiger partial charge in [-0.15, -0.1) is 0 Å². The molecule has 0 spiro atoms. The minimum atomic E-state index is -0.157. The maximum atomic E-state index is 12.7. The summed E-state index contributed by atoms with van der Waals surface area (Å²) in [5.41, 5.74) is 1.62. The zero-order chi connectivity index (χ0) is 14.8. The summed E-state index contributed by atoms with van der Waals surface area (Å²) in [6.07, 6.45) is 4.62. The van der Waals surface area contributed by atoms with Crippen LogP contribution in [-0.4, -0.2) is 19.5 Å². The predicted octanol–water partition coefficient (Wildman–Crippen LogP) is 2.43. The highest BCUT2D eigenvalue weighted by Gasteiger charge is 2.20. The van der Waals surface area contributed by atoms with Crippen LogP contribution in [0.15, 0.2) is 53.8 Å². The molecular weight excluding hydrogens is 264 g/mol. The lowest BCUT2D eigenvalue weighted by Gasteiger charge is -2.23. The molecule has 0 aliphatic heterocycles. The predicted molar refractivity (Wildman–Crippen MR) is 81.0 cm³/mol. The fourth-order valence-corrected chi connectivity index (χ4v) is 2.58. The Morgan fingerprint density at radius 3 is 2.43 bits per heavy atom. The van der Waals surface area contributed by atoms with Gasteiger partial charge < -0.3 is 0 Å². The van der Waals surface area contributed by atoms with Crippen molar-refractivity contribution in [2.45, 2.75) is 19.9 Å². The fourth-order valence-electron chi connectivity index (χ4n) is 2.58. The van der Waals surface area contributed by atoms with Gasteiger partial charge in [0.2, 0.25) is 0 Å². The van der Waals surface area contributed by atoms with Crippen LogP contribution in [0.5, 0.6) is 0 Å². The Balaban J connectivity index is 2.21. The molecule has 1 unspecified atom stereocenters. The molecule has 2 aromatic heterocycles. The highest BCUT2D eigenvalue weighted by atomic mass is 16.1. The van der Waals surface area contributed by atoms with Crippen molar-refractivity contribution in [1.29, 1.82) is 0 Å². The zero-order valence-corrected chi connectivity index (χ0v) is 12.0. The van der Waals surface area contributed by atoms with Gasteiger partial charge in [-0.1, -0.05) is 44.2 Å². The van der Waals surface area contributed by atoms with Gasteiger partial charge in [-0.05, 0) is 11.5 Å². The van der Waals surface area contributed by atoms with Crippen LogP contribution in [-0.2, 0) is 0 Å². The Labute approximate surface area is 122 Å². The third-order valence-electron chi connectivity index (χ3n) is 3.49. The third-order valence-corrected chi connectivity index (χ3v) is 3.49. The number of fused-ring (bicyclic) bond motifs is 1. The molecular formula is C16H16N4O. The highest BCUT2D eigenvalue weighted by Crippen LogP contribution is 2.24. The van der Waals surface area contributed by atoms with Gasteiger partial charge in [0, 0.05) is 12.4 Å². The third kappa shape index (κ3) is 2.42. The standard InChI is InChI=1S/C16H16N4O/c1-11(2)14(12-6-4-3-5-7-12)20-10-19-15-13(16(20)21)17-8-9-18-15/h3-11,14H,1-2H3. The smallest absolute Gasteiger partial charge is 0.282 e. The van der Waals surface area contributed by atoms with E-state index in [2.05, 4.69) is 28.8 Å². The monoisotopic (exact) mass is 280 g/mol. The van der Waals surface area contributed by atoms with E-state index in [9.17, 15) is 4.79 Å². The van der Waals surface area contributed by atoms with E-state index in [1.807, 2.05) is 30.3 Å². The van der Waals surface area contributed by atoms with E-state index >= 15 is 0 Å². The number of hydrogen-bond donors (Lipinski definition) is 0. The number of aromatic nitrogens is 4. The minimum Gasteiger partial charge on any atom is -0.289 e. The summed E-state index contributed by atoms with van der Waals surface area (Å²) in [4.78, 5) is 25.1. The Morgan fingerprint density at radius 1 is 1.00 bits per heavy atom. The molecule has 1 aromatic carbocycles. The lowest BCUT2D eigenvalue weighted by molar-refractivity contribution is 0.424. The van der Waals surface area contributed by atoms with E-state index in [0.29, 0.717) is 11.2 Å². The quantitative estimate of drug-likeness (QED) is 0.739. The molecule has 0 aliphatic rings. The summed E-state index contributed by atoms with van der Waals surface area (Å²) in [5, 5.41) is 0. The topological polar surface area (TPSA) is 60.7 Å². The first kappa shape index (κ1) is 13.4. The number of nitrogens with zero attached hydrogens (tertiary/aromatic N) is 4. The van der Waals surface area contributed by atoms with Gasteiger partial charge in [0.15, 0.2) is 11.2 Å². The summed E-state index contributed by atoms with van der Waals surface area (Å²) in [6, 6.07) is 9.90. The van der Waals surface area contributed by atoms with Crippen molar-refractivity contribution in [1.82, 2.24) is 19.5 Å². The normalized spacial score (nSPS) is 12.7. The van der Waals surface area contributed by atoms with Gasteiger partial charge in [0.25, 0.3) is 5.56 Å². The van der Waals surface area contributed by atoms with E-state index in [4.69, 9.17) is 0 Å². The van der Waals surface area contributed by atoms with Crippen LogP contribution in [0.3, 0.4) is 0 Å². The first-order chi connectivity index (χ1) is 10.2. The average molecular weight is 280 g/mol. The fraction of sp³-hybridized carbons (Fsp3) is 0.250. The summed E-state index contributed by atoms with van der Waals surface area (Å²) in [7, 11) is 0. The number of rotatable bonds is 3. The van der Waals surface area contributed by atoms with Gasteiger partial charge >= 0.3 is 0 Å². The van der Waals surface area contributed by atoms with Crippen LogP contribution >= 0.6 is 0 Å². The highest BCUT2D eigenvalue weighted by molar-refractivity contribution is 5.67. The molecule has 0 amide bonds. The summed E-state index contributed by atoms with van der Waals surface area (Å²) >= 11 is 0. The largest absolute Gasteiger partial charge is 0.289 e. The van der Waals surface area contributed by atoms with E-state index < -0.39 is 0 Å². The molecule has 3 rings (SSSR count). The molecule has 1 atom stereocenters. The van der Waals surface area contributed by atoms with Crippen molar-refractivity contribution in [2.24, 2.45) is 5.92 Å². The Bertz CT molecular complexity index is 811. The zero-order valence-electron chi connectivity index (χ0n) is 12.0. The maximum Gasteiger partial charge on any atom is 0.282 e. The lowest BCUT2D eigenvalue weighted by Crippen LogP contribution is -2.29. The molecule has 5 heteroatoms. The number of hydrogen-bond acceptors (Lipinski definition) is 4. The molecule has 106 valence electrons. The van der Waals surface area contributed by atoms with Crippen molar-refractivity contribution in [2.75, 3.05) is 0 Å². The second-order valence-corrected chi connectivity index (χ2v) is 5.29. The van der Waals surface area contributed by atoms with Gasteiger partial charge in [-0.2, -0.15) is 0 Å². The van der Waals surface area contributed by atoms with Crippen molar-refractivity contribution in [3.8, 4) is 0 Å². The maximum absolute atomic E-state index is 12.7. The average Bonchev–Trinajstić information content (AvgIpc) is 2.51. The summed E-state index contributed by atoms with van der Waals surface area (Å²) < 4.78 is 1.65. The first-order valence-electron chi connectivity index (χ1n) is 6.91. The molecule has 0 saturated heterocycles. The lowest BCUT2D eigenvalue weighted by atomic mass is 9.96. The van der Waals surface area contributed by atoms with Crippen molar-refractivity contribution in [3.05, 3.63) is 65.0 Å². The van der Waals surface area contributed by atoms with Crippen molar-refractivity contribution < 1.29 is 0 Å². The van der Waals surface area contributed by atoms with Crippen LogP contribution in [0.1, 0.15) is 25.5 Å².